The van der Waals surface area contributed by atoms with E-state index in [-0.39, 0.29) is 5.91 Å². The maximum Gasteiger partial charge on any atom is 0.255 e. The van der Waals surface area contributed by atoms with Gasteiger partial charge in [-0.05, 0) is 50.1 Å². The number of benzene rings is 2. The Balaban J connectivity index is 1.84. The lowest BCUT2D eigenvalue weighted by molar-refractivity contribution is 0.0593. The molecule has 1 aromatic heterocycles. The first kappa shape index (κ1) is 19.1. The lowest BCUT2D eigenvalue weighted by atomic mass is 9.88. The largest absolute Gasteiger partial charge is 0.490 e. The highest BCUT2D eigenvalue weighted by atomic mass is 16.5. The van der Waals surface area contributed by atoms with E-state index in [2.05, 4.69) is 9.97 Å². The molecular weight excluding hydrogens is 366 g/mol. The number of carbonyl (C=O) groups excluding carboxylic acids is 1. The number of fused-ring (bicyclic) bond motifs is 1. The number of ether oxygens (including phenoxy) is 2. The van der Waals surface area contributed by atoms with Crippen LogP contribution in [0.3, 0.4) is 0 Å². The van der Waals surface area contributed by atoms with E-state index in [1.54, 1.807) is 12.4 Å². The van der Waals surface area contributed by atoms with Crippen LogP contribution in [-0.2, 0) is 12.1 Å². The highest BCUT2D eigenvalue weighted by Crippen LogP contribution is 2.42. The molecule has 2 aromatic carbocycles. The quantitative estimate of drug-likeness (QED) is 0.658. The molecule has 6 heteroatoms. The van der Waals surface area contributed by atoms with Gasteiger partial charge in [0.25, 0.3) is 5.91 Å². The monoisotopic (exact) mass is 391 g/mol. The molecule has 1 unspecified atom stereocenters. The van der Waals surface area contributed by atoms with Crippen molar-refractivity contribution in [1.82, 2.24) is 14.9 Å². The lowest BCUT2D eigenvalue weighted by Gasteiger charge is -2.38. The average molecular weight is 391 g/mol. The SMILES string of the molecule is CCOc1ccc(C(C)(c2ncc[nH]2)N2Cc3ccccc3C2=O)cc1OCC. The smallest absolute Gasteiger partial charge is 0.255 e. The van der Waals surface area contributed by atoms with Gasteiger partial charge in [0.05, 0.1) is 13.2 Å². The lowest BCUT2D eigenvalue weighted by Crippen LogP contribution is -2.45. The van der Waals surface area contributed by atoms with Gasteiger partial charge in [-0.25, -0.2) is 4.98 Å². The zero-order valence-corrected chi connectivity index (χ0v) is 16.9. The Kier molecular flexibility index (Phi) is 5.01. The maximum atomic E-state index is 13.3. The summed E-state index contributed by atoms with van der Waals surface area (Å²) in [5, 5.41) is 0. The number of aromatic nitrogens is 2. The van der Waals surface area contributed by atoms with Crippen LogP contribution in [0.2, 0.25) is 0 Å². The van der Waals surface area contributed by atoms with Gasteiger partial charge in [0.1, 0.15) is 11.4 Å². The number of imidazole rings is 1. The number of hydrogen-bond acceptors (Lipinski definition) is 4. The molecule has 3 aromatic rings. The molecular formula is C23H25N3O3. The predicted molar refractivity (Wildman–Crippen MR) is 110 cm³/mol. The van der Waals surface area contributed by atoms with Gasteiger partial charge in [0.2, 0.25) is 0 Å². The zero-order valence-electron chi connectivity index (χ0n) is 16.9. The number of hydrogen-bond donors (Lipinski definition) is 1. The molecule has 0 bridgehead atoms. The average Bonchev–Trinajstić information content (AvgIpc) is 3.39. The Morgan fingerprint density at radius 3 is 2.55 bits per heavy atom. The van der Waals surface area contributed by atoms with E-state index >= 15 is 0 Å². The van der Waals surface area contributed by atoms with E-state index in [0.717, 1.165) is 16.7 Å². The third-order valence-electron chi connectivity index (χ3n) is 5.43. The summed E-state index contributed by atoms with van der Waals surface area (Å²) >= 11 is 0. The van der Waals surface area contributed by atoms with Crippen molar-refractivity contribution < 1.29 is 14.3 Å². The number of amides is 1. The second-order valence-corrected chi connectivity index (χ2v) is 7.09. The number of H-pyrrole nitrogens is 1. The zero-order chi connectivity index (χ0) is 20.4. The third-order valence-corrected chi connectivity index (χ3v) is 5.43. The summed E-state index contributed by atoms with van der Waals surface area (Å²) in [5.41, 5.74) is 1.86. The molecule has 1 amide bonds. The van der Waals surface area contributed by atoms with Crippen LogP contribution >= 0.6 is 0 Å². The van der Waals surface area contributed by atoms with Gasteiger partial charge < -0.3 is 19.4 Å². The molecule has 0 radical (unpaired) electrons. The van der Waals surface area contributed by atoms with E-state index in [9.17, 15) is 4.79 Å². The Labute approximate surface area is 170 Å². The Bertz CT molecular complexity index is 1020. The van der Waals surface area contributed by atoms with Crippen molar-refractivity contribution in [2.45, 2.75) is 32.9 Å². The molecule has 4 rings (SSSR count). The van der Waals surface area contributed by atoms with Gasteiger partial charge in [0, 0.05) is 24.5 Å². The van der Waals surface area contributed by atoms with Gasteiger partial charge in [0.15, 0.2) is 11.5 Å². The minimum atomic E-state index is -0.795. The number of nitrogens with one attached hydrogen (secondary N) is 1. The van der Waals surface area contributed by atoms with Crippen molar-refractivity contribution in [2.75, 3.05) is 13.2 Å². The highest BCUT2D eigenvalue weighted by molar-refractivity contribution is 5.99. The molecule has 150 valence electrons. The second-order valence-electron chi connectivity index (χ2n) is 7.09. The number of carbonyl (C=O) groups is 1. The molecule has 0 spiro atoms. The molecule has 0 saturated heterocycles. The van der Waals surface area contributed by atoms with Gasteiger partial charge in [-0.3, -0.25) is 4.79 Å². The number of nitrogens with zero attached hydrogens (tertiary/aromatic N) is 2. The van der Waals surface area contributed by atoms with Crippen molar-refractivity contribution in [2.24, 2.45) is 0 Å². The fourth-order valence-corrected chi connectivity index (χ4v) is 3.92. The fraction of sp³-hybridized carbons (Fsp3) is 0.304. The van der Waals surface area contributed by atoms with E-state index < -0.39 is 5.54 Å². The molecule has 6 nitrogen and oxygen atoms in total. The minimum absolute atomic E-state index is 0.00801. The summed E-state index contributed by atoms with van der Waals surface area (Å²) in [6.07, 6.45) is 3.48. The summed E-state index contributed by atoms with van der Waals surface area (Å²) < 4.78 is 11.6. The van der Waals surface area contributed by atoms with Crippen LogP contribution in [-0.4, -0.2) is 34.0 Å². The van der Waals surface area contributed by atoms with Crippen LogP contribution in [0.4, 0.5) is 0 Å². The highest BCUT2D eigenvalue weighted by Gasteiger charge is 2.45. The third kappa shape index (κ3) is 3.14. The van der Waals surface area contributed by atoms with Crippen LogP contribution in [0.15, 0.2) is 54.9 Å². The summed E-state index contributed by atoms with van der Waals surface area (Å²) in [7, 11) is 0. The van der Waals surface area contributed by atoms with Crippen LogP contribution in [0.25, 0.3) is 0 Å². The fourth-order valence-electron chi connectivity index (χ4n) is 3.92. The summed E-state index contributed by atoms with van der Waals surface area (Å²) in [5.74, 6) is 2.04. The molecule has 1 aliphatic rings. The minimum Gasteiger partial charge on any atom is -0.490 e. The van der Waals surface area contributed by atoms with E-state index in [0.29, 0.717) is 37.1 Å². The number of aromatic amines is 1. The molecule has 29 heavy (non-hydrogen) atoms. The van der Waals surface area contributed by atoms with Crippen molar-refractivity contribution in [3.63, 3.8) is 0 Å². The van der Waals surface area contributed by atoms with Crippen molar-refractivity contribution >= 4 is 5.91 Å². The summed E-state index contributed by atoms with van der Waals surface area (Å²) in [6.45, 7) is 7.49. The topological polar surface area (TPSA) is 67.5 Å². The van der Waals surface area contributed by atoms with Crippen molar-refractivity contribution in [3.05, 3.63) is 77.4 Å². The molecule has 0 saturated carbocycles. The molecule has 0 aliphatic carbocycles. The first-order valence-corrected chi connectivity index (χ1v) is 9.89. The Morgan fingerprint density at radius 2 is 1.86 bits per heavy atom. The van der Waals surface area contributed by atoms with Gasteiger partial charge >= 0.3 is 0 Å². The van der Waals surface area contributed by atoms with Gasteiger partial charge in [-0.15, -0.1) is 0 Å². The summed E-state index contributed by atoms with van der Waals surface area (Å²) in [6, 6.07) is 13.6. The van der Waals surface area contributed by atoms with Crippen LogP contribution in [0, 0.1) is 0 Å². The first-order valence-electron chi connectivity index (χ1n) is 9.89. The first-order chi connectivity index (χ1) is 14.1. The Hall–Kier alpha value is -3.28. The van der Waals surface area contributed by atoms with E-state index in [1.165, 1.54) is 0 Å². The van der Waals surface area contributed by atoms with Crippen LogP contribution in [0.5, 0.6) is 11.5 Å². The van der Waals surface area contributed by atoms with Crippen LogP contribution in [0.1, 0.15) is 48.1 Å². The number of rotatable bonds is 7. The Morgan fingerprint density at radius 1 is 1.10 bits per heavy atom. The predicted octanol–water partition coefficient (Wildman–Crippen LogP) is 4.13. The second kappa shape index (κ2) is 7.62. The normalized spacial score (nSPS) is 15.1. The van der Waals surface area contributed by atoms with E-state index in [1.807, 2.05) is 68.1 Å². The molecule has 1 aliphatic heterocycles. The van der Waals surface area contributed by atoms with Gasteiger partial charge in [-0.2, -0.15) is 0 Å². The van der Waals surface area contributed by atoms with Crippen LogP contribution < -0.4 is 9.47 Å². The molecule has 0 fully saturated rings. The standard InChI is InChI=1S/C23H25N3O3/c1-4-28-19-11-10-17(14-20(19)29-5-2)23(3,22-24-12-13-25-22)26-15-16-8-6-7-9-18(16)21(26)27/h6-14H,4-5,15H2,1-3H3,(H,24,25). The maximum absolute atomic E-state index is 13.3. The molecule has 1 N–H and O–H groups in total. The van der Waals surface area contributed by atoms with Crippen molar-refractivity contribution in [1.29, 1.82) is 0 Å². The van der Waals surface area contributed by atoms with E-state index in [4.69, 9.17) is 9.47 Å². The van der Waals surface area contributed by atoms with Crippen molar-refractivity contribution in [3.8, 4) is 11.5 Å². The molecule has 1 atom stereocenters. The molecule has 2 heterocycles. The van der Waals surface area contributed by atoms with Gasteiger partial charge in [-0.1, -0.05) is 24.3 Å². The summed E-state index contributed by atoms with van der Waals surface area (Å²) in [4.78, 5) is 22.9.